The van der Waals surface area contributed by atoms with E-state index in [4.69, 9.17) is 5.11 Å². The van der Waals surface area contributed by atoms with Gasteiger partial charge in [-0.3, -0.25) is 0 Å². The molecule has 0 saturated heterocycles. The van der Waals surface area contributed by atoms with Gasteiger partial charge in [-0.2, -0.15) is 4.37 Å². The molecule has 0 bridgehead atoms. The summed E-state index contributed by atoms with van der Waals surface area (Å²) in [6.07, 6.45) is 1.45. The average Bonchev–Trinajstić information content (AvgIpc) is 2.70. The molecule has 7 heteroatoms. The molecular formula is C9H5BrN2O2S2. The molecule has 4 nitrogen and oxygen atoms in total. The summed E-state index contributed by atoms with van der Waals surface area (Å²) in [5.41, 5.74) is 0.253. The standard InChI is InChI=1S/C9H5BrN2O2S2/c10-5-2-1-3-6(7(5)8(13)14)15-9-11-4-12-16-9/h1-4H,(H,13,14). The van der Waals surface area contributed by atoms with E-state index in [1.807, 2.05) is 0 Å². The van der Waals surface area contributed by atoms with Crippen LogP contribution < -0.4 is 0 Å². The fourth-order valence-corrected chi connectivity index (χ4v) is 3.33. The second-order valence-corrected chi connectivity index (χ2v) is 5.65. The van der Waals surface area contributed by atoms with Gasteiger partial charge in [-0.15, -0.1) is 0 Å². The Bertz CT molecular complexity index is 516. The molecule has 1 aromatic heterocycles. The maximum atomic E-state index is 11.1. The maximum absolute atomic E-state index is 11.1. The lowest BCUT2D eigenvalue weighted by Gasteiger charge is -2.04. The predicted octanol–water partition coefficient (Wildman–Crippen LogP) is 3.15. The van der Waals surface area contributed by atoms with Crippen LogP contribution in [0.2, 0.25) is 0 Å². The summed E-state index contributed by atoms with van der Waals surface area (Å²) in [4.78, 5) is 15.8. The molecule has 1 aromatic carbocycles. The highest BCUT2D eigenvalue weighted by atomic mass is 79.9. The highest BCUT2D eigenvalue weighted by Gasteiger charge is 2.15. The first-order valence-electron chi connectivity index (χ1n) is 4.15. The van der Waals surface area contributed by atoms with Crippen molar-refractivity contribution in [1.82, 2.24) is 9.36 Å². The molecule has 16 heavy (non-hydrogen) atoms. The molecule has 0 aliphatic carbocycles. The number of carboxylic acid groups (broad SMARTS) is 1. The van der Waals surface area contributed by atoms with Crippen LogP contribution >= 0.6 is 39.2 Å². The summed E-state index contributed by atoms with van der Waals surface area (Å²) < 4.78 is 5.15. The third-order valence-corrected chi connectivity index (χ3v) is 4.16. The zero-order valence-corrected chi connectivity index (χ0v) is 11.0. The molecular weight excluding hydrogens is 312 g/mol. The van der Waals surface area contributed by atoms with E-state index in [9.17, 15) is 4.79 Å². The van der Waals surface area contributed by atoms with Crippen LogP contribution in [-0.4, -0.2) is 20.4 Å². The van der Waals surface area contributed by atoms with Gasteiger partial charge >= 0.3 is 5.97 Å². The first-order chi connectivity index (χ1) is 7.68. The Morgan fingerprint density at radius 1 is 1.50 bits per heavy atom. The zero-order valence-electron chi connectivity index (χ0n) is 7.75. The summed E-state index contributed by atoms with van der Waals surface area (Å²) >= 11 is 5.76. The highest BCUT2D eigenvalue weighted by Crippen LogP contribution is 2.34. The van der Waals surface area contributed by atoms with Crippen LogP contribution in [0, 0.1) is 0 Å². The normalized spacial score (nSPS) is 10.3. The van der Waals surface area contributed by atoms with E-state index < -0.39 is 5.97 Å². The largest absolute Gasteiger partial charge is 0.478 e. The van der Waals surface area contributed by atoms with Gasteiger partial charge in [0.1, 0.15) is 6.33 Å². The lowest BCUT2D eigenvalue weighted by atomic mass is 10.2. The Labute approximate surface area is 108 Å². The first kappa shape index (κ1) is 11.6. The van der Waals surface area contributed by atoms with Crippen LogP contribution in [0.4, 0.5) is 0 Å². The number of carboxylic acids is 1. The lowest BCUT2D eigenvalue weighted by molar-refractivity contribution is 0.0692. The summed E-state index contributed by atoms with van der Waals surface area (Å²) in [6, 6.07) is 5.24. The SMILES string of the molecule is O=C(O)c1c(Br)cccc1Sc1ncns1. The number of rotatable bonds is 3. The Morgan fingerprint density at radius 2 is 2.31 bits per heavy atom. The fraction of sp³-hybridized carbons (Fsp3) is 0. The Hall–Kier alpha value is -0.920. The number of hydrogen-bond donors (Lipinski definition) is 1. The van der Waals surface area contributed by atoms with Gasteiger partial charge in [0.2, 0.25) is 0 Å². The van der Waals surface area contributed by atoms with Crippen LogP contribution in [0.15, 0.2) is 38.2 Å². The Morgan fingerprint density at radius 3 is 2.94 bits per heavy atom. The summed E-state index contributed by atoms with van der Waals surface area (Å²) in [5, 5.41) is 9.10. The third-order valence-electron chi connectivity index (χ3n) is 1.73. The van der Waals surface area contributed by atoms with Crippen LogP contribution in [0.3, 0.4) is 0 Å². The Kier molecular flexibility index (Phi) is 3.57. The molecule has 2 rings (SSSR count). The second-order valence-electron chi connectivity index (χ2n) is 2.73. The minimum Gasteiger partial charge on any atom is -0.478 e. The maximum Gasteiger partial charge on any atom is 0.338 e. The fourth-order valence-electron chi connectivity index (χ4n) is 1.10. The van der Waals surface area contributed by atoms with Crippen molar-refractivity contribution in [3.05, 3.63) is 34.6 Å². The van der Waals surface area contributed by atoms with Crippen molar-refractivity contribution >= 4 is 45.2 Å². The van der Waals surface area contributed by atoms with Gasteiger partial charge in [0.05, 0.1) is 5.56 Å². The van der Waals surface area contributed by atoms with E-state index in [2.05, 4.69) is 25.3 Å². The van der Waals surface area contributed by atoms with Gasteiger partial charge in [0.25, 0.3) is 0 Å². The number of carbonyl (C=O) groups is 1. The highest BCUT2D eigenvalue weighted by molar-refractivity contribution is 9.10. The van der Waals surface area contributed by atoms with E-state index >= 15 is 0 Å². The van der Waals surface area contributed by atoms with Gasteiger partial charge in [0, 0.05) is 9.37 Å². The molecule has 0 atom stereocenters. The molecule has 0 saturated carbocycles. The van der Waals surface area contributed by atoms with Crippen molar-refractivity contribution in [2.75, 3.05) is 0 Å². The van der Waals surface area contributed by atoms with E-state index in [0.29, 0.717) is 9.37 Å². The van der Waals surface area contributed by atoms with Crippen molar-refractivity contribution in [3.63, 3.8) is 0 Å². The number of hydrogen-bond acceptors (Lipinski definition) is 5. The van der Waals surface area contributed by atoms with Gasteiger partial charge in [-0.05, 0) is 39.6 Å². The summed E-state index contributed by atoms with van der Waals surface area (Å²) in [7, 11) is 0. The second kappa shape index (κ2) is 4.94. The molecule has 0 aliphatic rings. The number of aromatic nitrogens is 2. The molecule has 0 aliphatic heterocycles. The van der Waals surface area contributed by atoms with Crippen LogP contribution in [0.5, 0.6) is 0 Å². The summed E-state index contributed by atoms with van der Waals surface area (Å²) in [6.45, 7) is 0. The minimum absolute atomic E-state index is 0.253. The smallest absolute Gasteiger partial charge is 0.338 e. The van der Waals surface area contributed by atoms with E-state index in [1.54, 1.807) is 18.2 Å². The molecule has 2 aromatic rings. The molecule has 82 valence electrons. The molecule has 0 unspecified atom stereocenters. The van der Waals surface area contributed by atoms with Crippen molar-refractivity contribution in [2.24, 2.45) is 0 Å². The van der Waals surface area contributed by atoms with Gasteiger partial charge < -0.3 is 5.11 Å². The number of nitrogens with zero attached hydrogens (tertiary/aromatic N) is 2. The molecule has 0 spiro atoms. The van der Waals surface area contributed by atoms with Gasteiger partial charge in [-0.25, -0.2) is 9.78 Å². The van der Waals surface area contributed by atoms with E-state index in [1.165, 1.54) is 29.6 Å². The van der Waals surface area contributed by atoms with E-state index in [0.717, 1.165) is 4.34 Å². The topological polar surface area (TPSA) is 63.1 Å². The van der Waals surface area contributed by atoms with Gasteiger partial charge in [0.15, 0.2) is 4.34 Å². The molecule has 0 fully saturated rings. The lowest BCUT2D eigenvalue weighted by Crippen LogP contribution is -1.99. The molecule has 0 radical (unpaired) electrons. The Balaban J connectivity index is 2.40. The van der Waals surface area contributed by atoms with Crippen molar-refractivity contribution in [2.45, 2.75) is 9.24 Å². The number of benzene rings is 1. The van der Waals surface area contributed by atoms with Crippen molar-refractivity contribution in [3.8, 4) is 0 Å². The van der Waals surface area contributed by atoms with E-state index in [-0.39, 0.29) is 5.56 Å². The monoisotopic (exact) mass is 316 g/mol. The number of aromatic carboxylic acids is 1. The van der Waals surface area contributed by atoms with Crippen molar-refractivity contribution in [1.29, 1.82) is 0 Å². The molecule has 0 amide bonds. The summed E-state index contributed by atoms with van der Waals surface area (Å²) in [5.74, 6) is -0.959. The quantitative estimate of drug-likeness (QED) is 0.942. The van der Waals surface area contributed by atoms with Crippen LogP contribution in [-0.2, 0) is 0 Å². The van der Waals surface area contributed by atoms with Gasteiger partial charge in [-0.1, -0.05) is 17.8 Å². The third kappa shape index (κ3) is 2.42. The molecule has 1 N–H and O–H groups in total. The molecule has 1 heterocycles. The first-order valence-corrected chi connectivity index (χ1v) is 6.53. The predicted molar refractivity (Wildman–Crippen MR) is 65.1 cm³/mol. The minimum atomic E-state index is -0.959. The van der Waals surface area contributed by atoms with Crippen molar-refractivity contribution < 1.29 is 9.90 Å². The van der Waals surface area contributed by atoms with Crippen LogP contribution in [0.25, 0.3) is 0 Å². The average molecular weight is 317 g/mol. The van der Waals surface area contributed by atoms with Crippen LogP contribution in [0.1, 0.15) is 10.4 Å². The number of halogens is 1. The zero-order chi connectivity index (χ0) is 11.5.